The first-order chi connectivity index (χ1) is 12.8. The lowest BCUT2D eigenvalue weighted by molar-refractivity contribution is 0.119. The highest BCUT2D eigenvalue weighted by atomic mass is 16.5. The molecule has 1 aliphatic heterocycles. The Bertz CT molecular complexity index is 839. The van der Waals surface area contributed by atoms with E-state index >= 15 is 0 Å². The van der Waals surface area contributed by atoms with Crippen molar-refractivity contribution in [2.75, 3.05) is 26.8 Å². The number of methoxy groups -OCH3 is 1. The molecule has 1 saturated carbocycles. The standard InChI is InChI=1S/C24H29NO/c1-26-16-22-7-4-12-25(22)15-23-19-9-11-21(14-19)24(23)20-10-8-17-5-2-3-6-18(17)13-20/h2-3,5-6,8,10,13,19,21-22H,4,7,9,11-12,14-16H2,1H3. The van der Waals surface area contributed by atoms with Gasteiger partial charge in [-0.1, -0.05) is 36.4 Å². The molecular formula is C24H29NO. The molecule has 2 nitrogen and oxygen atoms in total. The second-order valence-electron chi connectivity index (χ2n) is 8.43. The summed E-state index contributed by atoms with van der Waals surface area (Å²) in [6.45, 7) is 3.28. The van der Waals surface area contributed by atoms with Crippen molar-refractivity contribution in [1.29, 1.82) is 0 Å². The van der Waals surface area contributed by atoms with Crippen LogP contribution in [-0.4, -0.2) is 37.7 Å². The molecule has 2 bridgehead atoms. The molecule has 1 saturated heterocycles. The van der Waals surface area contributed by atoms with Gasteiger partial charge in [-0.05, 0) is 84.0 Å². The van der Waals surface area contributed by atoms with Gasteiger partial charge in [-0.15, -0.1) is 0 Å². The summed E-state index contributed by atoms with van der Waals surface area (Å²) in [7, 11) is 1.84. The summed E-state index contributed by atoms with van der Waals surface area (Å²) in [6.07, 6.45) is 6.79. The van der Waals surface area contributed by atoms with Crippen LogP contribution in [0.2, 0.25) is 0 Å². The molecule has 26 heavy (non-hydrogen) atoms. The van der Waals surface area contributed by atoms with Gasteiger partial charge in [0.2, 0.25) is 0 Å². The summed E-state index contributed by atoms with van der Waals surface area (Å²) < 4.78 is 5.48. The van der Waals surface area contributed by atoms with E-state index in [2.05, 4.69) is 47.4 Å². The minimum Gasteiger partial charge on any atom is -0.383 e. The molecule has 136 valence electrons. The Balaban J connectivity index is 1.51. The molecule has 3 unspecified atom stereocenters. The molecule has 3 aliphatic rings. The Kier molecular flexibility index (Phi) is 4.34. The number of hydrogen-bond acceptors (Lipinski definition) is 2. The van der Waals surface area contributed by atoms with Gasteiger partial charge in [0.1, 0.15) is 0 Å². The lowest BCUT2D eigenvalue weighted by Gasteiger charge is -2.29. The molecule has 0 amide bonds. The van der Waals surface area contributed by atoms with E-state index < -0.39 is 0 Å². The number of ether oxygens (including phenoxy) is 1. The van der Waals surface area contributed by atoms with Crippen LogP contribution < -0.4 is 0 Å². The number of benzene rings is 2. The SMILES string of the molecule is COCC1CCCN1CC1=C(c2ccc3ccccc3c2)C2CCC1C2. The van der Waals surface area contributed by atoms with E-state index in [1.807, 2.05) is 7.11 Å². The van der Waals surface area contributed by atoms with Crippen molar-refractivity contribution >= 4 is 16.3 Å². The van der Waals surface area contributed by atoms with Crippen LogP contribution in [0.1, 0.15) is 37.7 Å². The molecule has 0 aromatic heterocycles. The van der Waals surface area contributed by atoms with Crippen LogP contribution in [0, 0.1) is 11.8 Å². The Morgan fingerprint density at radius 1 is 1.00 bits per heavy atom. The van der Waals surface area contributed by atoms with E-state index in [1.165, 1.54) is 55.0 Å². The lowest BCUT2D eigenvalue weighted by Crippen LogP contribution is -2.35. The number of fused-ring (bicyclic) bond motifs is 3. The molecule has 5 rings (SSSR count). The van der Waals surface area contributed by atoms with Gasteiger partial charge in [-0.2, -0.15) is 0 Å². The fourth-order valence-corrected chi connectivity index (χ4v) is 5.74. The van der Waals surface area contributed by atoms with Crippen LogP contribution in [0.3, 0.4) is 0 Å². The van der Waals surface area contributed by atoms with E-state index in [0.717, 1.165) is 25.0 Å². The maximum Gasteiger partial charge on any atom is 0.0618 e. The highest BCUT2D eigenvalue weighted by Crippen LogP contribution is 2.53. The lowest BCUT2D eigenvalue weighted by atomic mass is 9.86. The van der Waals surface area contributed by atoms with Crippen molar-refractivity contribution in [2.24, 2.45) is 11.8 Å². The fraction of sp³-hybridized carbons (Fsp3) is 0.500. The van der Waals surface area contributed by atoms with E-state index in [4.69, 9.17) is 4.74 Å². The molecule has 2 fully saturated rings. The molecule has 2 heteroatoms. The van der Waals surface area contributed by atoms with Gasteiger partial charge in [0.05, 0.1) is 6.61 Å². The summed E-state index contributed by atoms with van der Waals surface area (Å²) >= 11 is 0. The maximum atomic E-state index is 5.48. The van der Waals surface area contributed by atoms with Crippen molar-refractivity contribution in [3.8, 4) is 0 Å². The summed E-state index contributed by atoms with van der Waals surface area (Å²) in [5.41, 5.74) is 4.92. The highest BCUT2D eigenvalue weighted by molar-refractivity contribution is 5.87. The van der Waals surface area contributed by atoms with Gasteiger partial charge in [0.15, 0.2) is 0 Å². The van der Waals surface area contributed by atoms with E-state index in [9.17, 15) is 0 Å². The number of rotatable bonds is 5. The van der Waals surface area contributed by atoms with E-state index in [-0.39, 0.29) is 0 Å². The fourth-order valence-electron chi connectivity index (χ4n) is 5.74. The summed E-state index contributed by atoms with van der Waals surface area (Å²) in [5, 5.41) is 2.72. The van der Waals surface area contributed by atoms with Gasteiger partial charge in [0, 0.05) is 19.7 Å². The first kappa shape index (κ1) is 16.5. The summed E-state index contributed by atoms with van der Waals surface area (Å²) in [4.78, 5) is 2.70. The topological polar surface area (TPSA) is 12.5 Å². The first-order valence-electron chi connectivity index (χ1n) is 10.3. The van der Waals surface area contributed by atoms with Gasteiger partial charge < -0.3 is 4.74 Å². The molecular weight excluding hydrogens is 318 g/mol. The van der Waals surface area contributed by atoms with Crippen molar-refractivity contribution in [1.82, 2.24) is 4.90 Å². The third-order valence-electron chi connectivity index (χ3n) is 6.97. The molecule has 0 radical (unpaired) electrons. The molecule has 3 atom stereocenters. The average molecular weight is 348 g/mol. The average Bonchev–Trinajstić information content (AvgIpc) is 3.39. The third-order valence-corrected chi connectivity index (χ3v) is 6.97. The number of hydrogen-bond donors (Lipinski definition) is 0. The predicted molar refractivity (Wildman–Crippen MR) is 108 cm³/mol. The maximum absolute atomic E-state index is 5.48. The Labute approximate surface area is 156 Å². The normalized spacial score (nSPS) is 28.6. The minimum atomic E-state index is 0.615. The number of allylic oxidation sites excluding steroid dienone is 1. The van der Waals surface area contributed by atoms with Crippen molar-refractivity contribution in [2.45, 2.75) is 38.1 Å². The zero-order valence-corrected chi connectivity index (χ0v) is 15.8. The van der Waals surface area contributed by atoms with E-state index in [0.29, 0.717) is 6.04 Å². The van der Waals surface area contributed by atoms with Gasteiger partial charge in [-0.25, -0.2) is 0 Å². The largest absolute Gasteiger partial charge is 0.383 e. The molecule has 0 N–H and O–H groups in total. The van der Waals surface area contributed by atoms with Crippen molar-refractivity contribution in [3.05, 3.63) is 53.6 Å². The van der Waals surface area contributed by atoms with E-state index in [1.54, 1.807) is 11.1 Å². The Hall–Kier alpha value is -1.64. The quantitative estimate of drug-likeness (QED) is 0.743. The second-order valence-corrected chi connectivity index (χ2v) is 8.43. The van der Waals surface area contributed by atoms with Crippen LogP contribution in [0.15, 0.2) is 48.0 Å². The van der Waals surface area contributed by atoms with Crippen molar-refractivity contribution < 1.29 is 4.74 Å². The second kappa shape index (κ2) is 6.83. The van der Waals surface area contributed by atoms with Gasteiger partial charge >= 0.3 is 0 Å². The summed E-state index contributed by atoms with van der Waals surface area (Å²) in [5.74, 6) is 1.62. The van der Waals surface area contributed by atoms with Crippen molar-refractivity contribution in [3.63, 3.8) is 0 Å². The van der Waals surface area contributed by atoms with Gasteiger partial charge in [-0.3, -0.25) is 4.90 Å². The van der Waals surface area contributed by atoms with Crippen LogP contribution in [0.4, 0.5) is 0 Å². The van der Waals surface area contributed by atoms with Crippen LogP contribution in [-0.2, 0) is 4.74 Å². The third kappa shape index (κ3) is 2.80. The highest BCUT2D eigenvalue weighted by Gasteiger charge is 2.40. The molecule has 2 aromatic rings. The zero-order valence-electron chi connectivity index (χ0n) is 15.8. The molecule has 2 aromatic carbocycles. The van der Waals surface area contributed by atoms with Crippen LogP contribution >= 0.6 is 0 Å². The molecule has 2 aliphatic carbocycles. The summed E-state index contributed by atoms with van der Waals surface area (Å²) in [6, 6.07) is 16.5. The molecule has 1 heterocycles. The number of nitrogens with zero attached hydrogens (tertiary/aromatic N) is 1. The van der Waals surface area contributed by atoms with Crippen LogP contribution in [0.25, 0.3) is 16.3 Å². The smallest absolute Gasteiger partial charge is 0.0618 e. The first-order valence-corrected chi connectivity index (χ1v) is 10.3. The minimum absolute atomic E-state index is 0.615. The Morgan fingerprint density at radius 2 is 1.85 bits per heavy atom. The number of likely N-dealkylation sites (tertiary alicyclic amines) is 1. The van der Waals surface area contributed by atoms with Gasteiger partial charge in [0.25, 0.3) is 0 Å². The monoisotopic (exact) mass is 347 g/mol. The zero-order chi connectivity index (χ0) is 17.5. The molecule has 0 spiro atoms. The Morgan fingerprint density at radius 3 is 2.73 bits per heavy atom. The predicted octanol–water partition coefficient (Wildman–Crippen LogP) is 5.13. The van der Waals surface area contributed by atoms with Crippen LogP contribution in [0.5, 0.6) is 0 Å².